The molecule has 0 unspecified atom stereocenters. The molecule has 2 N–H and O–H groups in total. The average Bonchev–Trinajstić information content (AvgIpc) is 2.50. The van der Waals surface area contributed by atoms with Gasteiger partial charge >= 0.3 is 5.63 Å². The second-order valence-electron chi connectivity index (χ2n) is 6.08. The predicted molar refractivity (Wildman–Crippen MR) is 93.2 cm³/mol. The van der Waals surface area contributed by atoms with E-state index < -0.39 is 0 Å². The van der Waals surface area contributed by atoms with E-state index in [-0.39, 0.29) is 5.63 Å². The van der Waals surface area contributed by atoms with E-state index in [1.165, 1.54) is 51.0 Å². The molecule has 0 spiro atoms. The number of fused-ring (bicyclic) bond motifs is 1. The first-order valence-corrected chi connectivity index (χ1v) is 8.53. The Bertz CT molecular complexity index is 645. The van der Waals surface area contributed by atoms with Crippen LogP contribution in [0.25, 0.3) is 11.0 Å². The van der Waals surface area contributed by atoms with E-state index in [0.717, 1.165) is 29.5 Å². The predicted octanol–water partition coefficient (Wildman–Crippen LogP) is 5.06. The molecule has 0 atom stereocenters. The van der Waals surface area contributed by atoms with Crippen molar-refractivity contribution in [1.29, 1.82) is 0 Å². The summed E-state index contributed by atoms with van der Waals surface area (Å²) in [4.78, 5) is 11.4. The summed E-state index contributed by atoms with van der Waals surface area (Å²) >= 11 is 0. The summed E-state index contributed by atoms with van der Waals surface area (Å²) in [6, 6.07) is 7.03. The second kappa shape index (κ2) is 8.62. The van der Waals surface area contributed by atoms with Gasteiger partial charge in [0.25, 0.3) is 0 Å². The van der Waals surface area contributed by atoms with Gasteiger partial charge in [-0.1, -0.05) is 51.9 Å². The Labute approximate surface area is 132 Å². The zero-order chi connectivity index (χ0) is 15.8. The highest BCUT2D eigenvalue weighted by Crippen LogP contribution is 2.23. The van der Waals surface area contributed by atoms with Gasteiger partial charge in [0.2, 0.25) is 0 Å². The quantitative estimate of drug-likeness (QED) is 0.400. The van der Waals surface area contributed by atoms with Crippen LogP contribution >= 0.6 is 0 Å². The molecule has 0 bridgehead atoms. The maximum atomic E-state index is 11.4. The largest absolute Gasteiger partial charge is 0.422 e. The SMILES string of the molecule is CCCCCCCCCCc1cc(N)cc2ccc(=O)oc12. The summed E-state index contributed by atoms with van der Waals surface area (Å²) < 4.78 is 5.36. The number of anilines is 1. The van der Waals surface area contributed by atoms with Crippen LogP contribution in [0.3, 0.4) is 0 Å². The van der Waals surface area contributed by atoms with Crippen molar-refractivity contribution < 1.29 is 4.42 Å². The fraction of sp³-hybridized carbons (Fsp3) is 0.526. The molecule has 1 aromatic carbocycles. The molecule has 120 valence electrons. The average molecular weight is 301 g/mol. The van der Waals surface area contributed by atoms with Gasteiger partial charge in [0.05, 0.1) is 0 Å². The molecule has 0 saturated carbocycles. The standard InChI is InChI=1S/C19H27NO2/c1-2-3-4-5-6-7-8-9-10-15-13-17(20)14-16-11-12-18(21)22-19(15)16/h11-14H,2-10,20H2,1H3. The van der Waals surface area contributed by atoms with Crippen LogP contribution in [0.1, 0.15) is 63.9 Å². The molecular weight excluding hydrogens is 274 g/mol. The maximum Gasteiger partial charge on any atom is 0.336 e. The fourth-order valence-electron chi connectivity index (χ4n) is 2.91. The van der Waals surface area contributed by atoms with Crippen molar-refractivity contribution in [1.82, 2.24) is 0 Å². The van der Waals surface area contributed by atoms with Gasteiger partial charge in [0.15, 0.2) is 0 Å². The van der Waals surface area contributed by atoms with Crippen LogP contribution in [-0.2, 0) is 6.42 Å². The Hall–Kier alpha value is -1.77. The molecule has 22 heavy (non-hydrogen) atoms. The molecule has 0 saturated heterocycles. The minimum absolute atomic E-state index is 0.297. The first-order chi connectivity index (χ1) is 10.7. The first kappa shape index (κ1) is 16.6. The van der Waals surface area contributed by atoms with Gasteiger partial charge in [-0.05, 0) is 36.6 Å². The van der Waals surface area contributed by atoms with Crippen LogP contribution in [0.15, 0.2) is 33.5 Å². The van der Waals surface area contributed by atoms with Gasteiger partial charge in [-0.15, -0.1) is 0 Å². The molecular formula is C19H27NO2. The number of unbranched alkanes of at least 4 members (excludes halogenated alkanes) is 7. The number of nitrogens with two attached hydrogens (primary N) is 1. The van der Waals surface area contributed by atoms with Crippen LogP contribution in [0, 0.1) is 0 Å². The molecule has 1 aromatic heterocycles. The van der Waals surface area contributed by atoms with E-state index in [1.54, 1.807) is 6.07 Å². The Morgan fingerprint density at radius 1 is 0.955 bits per heavy atom. The first-order valence-electron chi connectivity index (χ1n) is 8.53. The molecule has 0 radical (unpaired) electrons. The molecule has 0 aliphatic rings. The third kappa shape index (κ3) is 4.90. The van der Waals surface area contributed by atoms with Gasteiger partial charge in [-0.2, -0.15) is 0 Å². The molecule has 2 rings (SSSR count). The number of rotatable bonds is 9. The van der Waals surface area contributed by atoms with Crippen LogP contribution < -0.4 is 11.4 Å². The van der Waals surface area contributed by atoms with E-state index in [4.69, 9.17) is 10.2 Å². The highest BCUT2D eigenvalue weighted by Gasteiger charge is 2.06. The van der Waals surface area contributed by atoms with Gasteiger partial charge < -0.3 is 10.2 Å². The van der Waals surface area contributed by atoms with Crippen molar-refractivity contribution >= 4 is 16.7 Å². The third-order valence-electron chi connectivity index (χ3n) is 4.12. The van der Waals surface area contributed by atoms with Gasteiger partial charge in [-0.25, -0.2) is 4.79 Å². The van der Waals surface area contributed by atoms with Crippen molar-refractivity contribution in [2.45, 2.75) is 64.7 Å². The van der Waals surface area contributed by atoms with Gasteiger partial charge in [-0.3, -0.25) is 0 Å². The maximum absolute atomic E-state index is 11.4. The van der Waals surface area contributed by atoms with Crippen LogP contribution in [0.5, 0.6) is 0 Å². The lowest BCUT2D eigenvalue weighted by Gasteiger charge is -2.07. The molecule has 3 heteroatoms. The van der Waals surface area contributed by atoms with E-state index >= 15 is 0 Å². The Balaban J connectivity index is 1.86. The molecule has 0 fully saturated rings. The summed E-state index contributed by atoms with van der Waals surface area (Å²) in [5, 5.41) is 0.911. The highest BCUT2D eigenvalue weighted by molar-refractivity contribution is 5.83. The fourth-order valence-corrected chi connectivity index (χ4v) is 2.91. The minimum atomic E-state index is -0.297. The number of benzene rings is 1. The second-order valence-corrected chi connectivity index (χ2v) is 6.08. The van der Waals surface area contributed by atoms with Gasteiger partial charge in [0, 0.05) is 17.1 Å². The summed E-state index contributed by atoms with van der Waals surface area (Å²) in [5.74, 6) is 0. The van der Waals surface area contributed by atoms with Crippen molar-refractivity contribution in [2.75, 3.05) is 5.73 Å². The molecule has 2 aromatic rings. The third-order valence-corrected chi connectivity index (χ3v) is 4.12. The van der Waals surface area contributed by atoms with Crippen molar-refractivity contribution in [2.24, 2.45) is 0 Å². The molecule has 0 amide bonds. The zero-order valence-electron chi connectivity index (χ0n) is 13.6. The topological polar surface area (TPSA) is 56.2 Å². The zero-order valence-corrected chi connectivity index (χ0v) is 13.6. The van der Waals surface area contributed by atoms with E-state index in [1.807, 2.05) is 12.1 Å². The Kier molecular flexibility index (Phi) is 6.50. The number of hydrogen-bond acceptors (Lipinski definition) is 3. The lowest BCUT2D eigenvalue weighted by atomic mass is 10.0. The summed E-state index contributed by atoms with van der Waals surface area (Å²) in [7, 11) is 0. The monoisotopic (exact) mass is 301 g/mol. The van der Waals surface area contributed by atoms with Gasteiger partial charge in [0.1, 0.15) is 5.58 Å². The molecule has 0 aliphatic heterocycles. The normalized spacial score (nSPS) is 11.1. The van der Waals surface area contributed by atoms with Crippen LogP contribution in [0.2, 0.25) is 0 Å². The van der Waals surface area contributed by atoms with Crippen LogP contribution in [0.4, 0.5) is 5.69 Å². The Morgan fingerprint density at radius 2 is 1.64 bits per heavy atom. The number of hydrogen-bond donors (Lipinski definition) is 1. The van der Waals surface area contributed by atoms with Crippen molar-refractivity contribution in [3.05, 3.63) is 40.2 Å². The molecule has 0 aliphatic carbocycles. The van der Waals surface area contributed by atoms with Crippen LogP contribution in [-0.4, -0.2) is 0 Å². The van der Waals surface area contributed by atoms with E-state index in [0.29, 0.717) is 5.58 Å². The Morgan fingerprint density at radius 3 is 2.36 bits per heavy atom. The summed E-state index contributed by atoms with van der Waals surface area (Å²) in [5.41, 5.74) is 8.13. The summed E-state index contributed by atoms with van der Waals surface area (Å²) in [6.07, 6.45) is 11.2. The summed E-state index contributed by atoms with van der Waals surface area (Å²) in [6.45, 7) is 2.24. The van der Waals surface area contributed by atoms with E-state index in [9.17, 15) is 4.79 Å². The molecule has 1 heterocycles. The smallest absolute Gasteiger partial charge is 0.336 e. The lowest BCUT2D eigenvalue weighted by molar-refractivity contribution is 0.551. The molecule has 3 nitrogen and oxygen atoms in total. The minimum Gasteiger partial charge on any atom is -0.422 e. The highest BCUT2D eigenvalue weighted by atomic mass is 16.4. The lowest BCUT2D eigenvalue weighted by Crippen LogP contribution is -1.99. The number of nitrogen functional groups attached to an aromatic ring is 1. The van der Waals surface area contributed by atoms with E-state index in [2.05, 4.69) is 6.92 Å². The van der Waals surface area contributed by atoms with Crippen molar-refractivity contribution in [3.8, 4) is 0 Å². The van der Waals surface area contributed by atoms with Crippen molar-refractivity contribution in [3.63, 3.8) is 0 Å². The number of aryl methyl sites for hydroxylation is 1.